The minimum absolute atomic E-state index is 0.757. The van der Waals surface area contributed by atoms with Crippen LogP contribution in [0.5, 0.6) is 0 Å². The van der Waals surface area contributed by atoms with Gasteiger partial charge in [0.1, 0.15) is 0 Å². The van der Waals surface area contributed by atoms with E-state index in [1.54, 1.807) is 0 Å². The van der Waals surface area contributed by atoms with Gasteiger partial charge in [-0.15, -0.1) is 0 Å². The summed E-state index contributed by atoms with van der Waals surface area (Å²) in [5.74, 6) is 0. The van der Waals surface area contributed by atoms with Crippen LogP contribution in [-0.2, 0) is 0 Å². The topological polar surface area (TPSA) is 18.5 Å². The third kappa shape index (κ3) is 3.67. The number of nitrogens with one attached hydrogen (secondary N) is 1. The lowest BCUT2D eigenvalue weighted by Crippen LogP contribution is -2.57. The molecule has 0 amide bonds. The van der Waals surface area contributed by atoms with Gasteiger partial charge in [-0.2, -0.15) is 0 Å². The molecule has 2 rings (SSSR count). The third-order valence-corrected chi connectivity index (χ3v) is 4.39. The molecule has 1 saturated carbocycles. The molecule has 0 aromatic rings. The smallest absolute Gasteiger partial charge is 0.0250 e. The molecule has 2 unspecified atom stereocenters. The average molecular weight is 239 g/mol. The molecule has 3 nitrogen and oxygen atoms in total. The van der Waals surface area contributed by atoms with E-state index >= 15 is 0 Å². The molecule has 0 bridgehead atoms. The molecule has 1 aliphatic carbocycles. The lowest BCUT2D eigenvalue weighted by molar-refractivity contribution is 0.0711. The van der Waals surface area contributed by atoms with E-state index in [4.69, 9.17) is 0 Å². The molecule has 0 aromatic carbocycles. The third-order valence-electron chi connectivity index (χ3n) is 4.39. The highest BCUT2D eigenvalue weighted by Crippen LogP contribution is 2.24. The van der Waals surface area contributed by atoms with Gasteiger partial charge < -0.3 is 10.2 Å². The molecule has 2 atom stereocenters. The number of likely N-dealkylation sites (N-methyl/N-ethyl adjacent to an activating group) is 1. The lowest BCUT2D eigenvalue weighted by atomic mass is 9.88. The maximum atomic E-state index is 3.77. The van der Waals surface area contributed by atoms with Crippen LogP contribution in [0.3, 0.4) is 0 Å². The molecular formula is C14H29N3. The molecule has 0 radical (unpaired) electrons. The van der Waals surface area contributed by atoms with E-state index in [1.165, 1.54) is 64.8 Å². The van der Waals surface area contributed by atoms with Crippen molar-refractivity contribution in [3.05, 3.63) is 0 Å². The Kier molecular flexibility index (Phi) is 5.26. The van der Waals surface area contributed by atoms with Crippen LogP contribution in [0.1, 0.15) is 39.0 Å². The predicted molar refractivity (Wildman–Crippen MR) is 73.4 cm³/mol. The van der Waals surface area contributed by atoms with Crippen LogP contribution in [0.25, 0.3) is 0 Å². The van der Waals surface area contributed by atoms with E-state index in [-0.39, 0.29) is 0 Å². The highest BCUT2D eigenvalue weighted by Gasteiger charge is 2.30. The number of nitrogens with zero attached hydrogens (tertiary/aromatic N) is 2. The van der Waals surface area contributed by atoms with Crippen molar-refractivity contribution in [3.8, 4) is 0 Å². The minimum Gasteiger partial charge on any atom is -0.312 e. The Morgan fingerprint density at radius 2 is 1.76 bits per heavy atom. The first-order valence-electron chi connectivity index (χ1n) is 7.47. The molecule has 1 aliphatic heterocycles. The van der Waals surface area contributed by atoms with Crippen LogP contribution in [0, 0.1) is 0 Å². The summed E-state index contributed by atoms with van der Waals surface area (Å²) in [6.45, 7) is 8.49. The SMILES string of the molecule is CCCNC1CCCCC1N1CCN(C)CC1. The summed E-state index contributed by atoms with van der Waals surface area (Å²) in [6, 6.07) is 1.57. The number of hydrogen-bond donors (Lipinski definition) is 1. The Hall–Kier alpha value is -0.120. The van der Waals surface area contributed by atoms with E-state index in [0.29, 0.717) is 0 Å². The Labute approximate surface area is 107 Å². The standard InChI is InChI=1S/C14H29N3/c1-3-8-15-13-6-4-5-7-14(13)17-11-9-16(2)10-12-17/h13-15H,3-12H2,1-2H3. The summed E-state index contributed by atoms with van der Waals surface area (Å²) >= 11 is 0. The molecule has 2 aliphatic rings. The zero-order valence-corrected chi connectivity index (χ0v) is 11.6. The average Bonchev–Trinajstić information content (AvgIpc) is 2.38. The Bertz CT molecular complexity index is 207. The predicted octanol–water partition coefficient (Wildman–Crippen LogP) is 1.54. The monoisotopic (exact) mass is 239 g/mol. The van der Waals surface area contributed by atoms with Crippen LogP contribution in [0.4, 0.5) is 0 Å². The normalized spacial score (nSPS) is 32.8. The van der Waals surface area contributed by atoms with E-state index in [0.717, 1.165) is 12.1 Å². The molecule has 1 N–H and O–H groups in total. The highest BCUT2D eigenvalue weighted by molar-refractivity contribution is 4.89. The van der Waals surface area contributed by atoms with Crippen molar-refractivity contribution < 1.29 is 0 Å². The molecular weight excluding hydrogens is 210 g/mol. The molecule has 100 valence electrons. The van der Waals surface area contributed by atoms with Gasteiger partial charge in [0.25, 0.3) is 0 Å². The molecule has 17 heavy (non-hydrogen) atoms. The Morgan fingerprint density at radius 3 is 2.47 bits per heavy atom. The zero-order valence-electron chi connectivity index (χ0n) is 11.6. The minimum atomic E-state index is 0.757. The second kappa shape index (κ2) is 6.72. The molecule has 0 spiro atoms. The van der Waals surface area contributed by atoms with Gasteiger partial charge in [0.15, 0.2) is 0 Å². The first-order valence-corrected chi connectivity index (χ1v) is 7.47. The van der Waals surface area contributed by atoms with Gasteiger partial charge in [-0.25, -0.2) is 0 Å². The van der Waals surface area contributed by atoms with Crippen molar-refractivity contribution >= 4 is 0 Å². The van der Waals surface area contributed by atoms with Crippen molar-refractivity contribution in [2.24, 2.45) is 0 Å². The summed E-state index contributed by atoms with van der Waals surface area (Å²) in [6.07, 6.45) is 6.90. The van der Waals surface area contributed by atoms with Crippen LogP contribution < -0.4 is 5.32 Å². The van der Waals surface area contributed by atoms with Gasteiger partial charge in [-0.05, 0) is 32.9 Å². The highest BCUT2D eigenvalue weighted by atomic mass is 15.3. The first kappa shape index (κ1) is 13.3. The molecule has 2 fully saturated rings. The van der Waals surface area contributed by atoms with Gasteiger partial charge >= 0.3 is 0 Å². The summed E-state index contributed by atoms with van der Waals surface area (Å²) in [4.78, 5) is 5.19. The van der Waals surface area contributed by atoms with Gasteiger partial charge in [-0.3, -0.25) is 4.90 Å². The number of piperazine rings is 1. The van der Waals surface area contributed by atoms with Crippen LogP contribution in [0.2, 0.25) is 0 Å². The van der Waals surface area contributed by atoms with Crippen molar-refractivity contribution in [2.75, 3.05) is 39.8 Å². The largest absolute Gasteiger partial charge is 0.312 e. The van der Waals surface area contributed by atoms with Gasteiger partial charge in [-0.1, -0.05) is 19.8 Å². The van der Waals surface area contributed by atoms with E-state index in [2.05, 4.69) is 29.1 Å². The summed E-state index contributed by atoms with van der Waals surface area (Å²) < 4.78 is 0. The lowest BCUT2D eigenvalue weighted by Gasteiger charge is -2.44. The summed E-state index contributed by atoms with van der Waals surface area (Å²) in [5.41, 5.74) is 0. The van der Waals surface area contributed by atoms with E-state index < -0.39 is 0 Å². The van der Waals surface area contributed by atoms with Crippen molar-refractivity contribution in [2.45, 2.75) is 51.1 Å². The second-order valence-corrected chi connectivity index (χ2v) is 5.75. The maximum absolute atomic E-state index is 3.77. The zero-order chi connectivity index (χ0) is 12.1. The van der Waals surface area contributed by atoms with Gasteiger partial charge in [0.05, 0.1) is 0 Å². The Balaban J connectivity index is 1.86. The number of rotatable bonds is 4. The van der Waals surface area contributed by atoms with E-state index in [1.807, 2.05) is 0 Å². The number of hydrogen-bond acceptors (Lipinski definition) is 3. The van der Waals surface area contributed by atoms with E-state index in [9.17, 15) is 0 Å². The summed E-state index contributed by atoms with van der Waals surface area (Å²) in [7, 11) is 2.24. The fourth-order valence-corrected chi connectivity index (χ4v) is 3.27. The van der Waals surface area contributed by atoms with Gasteiger partial charge in [0.2, 0.25) is 0 Å². The summed E-state index contributed by atoms with van der Waals surface area (Å²) in [5, 5.41) is 3.77. The maximum Gasteiger partial charge on any atom is 0.0250 e. The van der Waals surface area contributed by atoms with Gasteiger partial charge in [0, 0.05) is 38.3 Å². The molecule has 1 heterocycles. The van der Waals surface area contributed by atoms with Crippen LogP contribution in [0.15, 0.2) is 0 Å². The van der Waals surface area contributed by atoms with Crippen LogP contribution in [-0.4, -0.2) is 61.7 Å². The first-order chi connectivity index (χ1) is 8.31. The molecule has 1 saturated heterocycles. The van der Waals surface area contributed by atoms with Crippen molar-refractivity contribution in [1.82, 2.24) is 15.1 Å². The van der Waals surface area contributed by atoms with Crippen molar-refractivity contribution in [3.63, 3.8) is 0 Å². The fraction of sp³-hybridized carbons (Fsp3) is 1.00. The Morgan fingerprint density at radius 1 is 1.06 bits per heavy atom. The second-order valence-electron chi connectivity index (χ2n) is 5.75. The quantitative estimate of drug-likeness (QED) is 0.803. The fourth-order valence-electron chi connectivity index (χ4n) is 3.27. The van der Waals surface area contributed by atoms with Crippen LogP contribution >= 0.6 is 0 Å². The van der Waals surface area contributed by atoms with Crippen molar-refractivity contribution in [1.29, 1.82) is 0 Å². The molecule has 0 aromatic heterocycles. The molecule has 3 heteroatoms.